The number of anilines is 1. The van der Waals surface area contributed by atoms with Crippen LogP contribution in [0.25, 0.3) is 0 Å². The maximum absolute atomic E-state index is 13.7. The van der Waals surface area contributed by atoms with E-state index in [1.165, 1.54) is 6.42 Å². The fourth-order valence-corrected chi connectivity index (χ4v) is 5.48. The van der Waals surface area contributed by atoms with Crippen molar-refractivity contribution >= 4 is 23.4 Å². The number of carbonyl (C=O) groups is 3. The third-order valence-corrected chi connectivity index (χ3v) is 7.28. The first-order valence-electron chi connectivity index (χ1n) is 12.1. The lowest BCUT2D eigenvalue weighted by Crippen LogP contribution is -2.58. The van der Waals surface area contributed by atoms with Gasteiger partial charge in [-0.3, -0.25) is 14.4 Å². The summed E-state index contributed by atoms with van der Waals surface area (Å²) in [7, 11) is 0. The van der Waals surface area contributed by atoms with Gasteiger partial charge in [0.25, 0.3) is 5.91 Å². The molecule has 7 heteroatoms. The first-order chi connectivity index (χ1) is 15.4. The highest BCUT2D eigenvalue weighted by Gasteiger charge is 2.54. The summed E-state index contributed by atoms with van der Waals surface area (Å²) in [5.74, 6) is 0.0355. The Bertz CT molecular complexity index is 827. The van der Waals surface area contributed by atoms with Gasteiger partial charge in [-0.1, -0.05) is 51.3 Å². The Labute approximate surface area is 191 Å². The molecule has 7 nitrogen and oxygen atoms in total. The van der Waals surface area contributed by atoms with Crippen molar-refractivity contribution < 1.29 is 14.4 Å². The average molecular weight is 441 g/mol. The lowest BCUT2D eigenvalue weighted by Gasteiger charge is -2.43. The number of benzene rings is 1. The highest BCUT2D eigenvalue weighted by atomic mass is 16.2. The van der Waals surface area contributed by atoms with Crippen molar-refractivity contribution in [2.75, 3.05) is 31.2 Å². The third-order valence-electron chi connectivity index (χ3n) is 7.28. The molecule has 3 fully saturated rings. The van der Waals surface area contributed by atoms with E-state index in [0.29, 0.717) is 32.6 Å². The molecule has 2 aliphatic heterocycles. The number of rotatable bonds is 5. The van der Waals surface area contributed by atoms with Crippen molar-refractivity contribution in [2.24, 2.45) is 5.92 Å². The third kappa shape index (κ3) is 4.48. The highest BCUT2D eigenvalue weighted by Crippen LogP contribution is 2.39. The average Bonchev–Trinajstić information content (AvgIpc) is 3.06. The van der Waals surface area contributed by atoms with Gasteiger partial charge in [-0.15, -0.1) is 0 Å². The number of para-hydroxylation sites is 1. The number of hydrogen-bond donors (Lipinski definition) is 1. The van der Waals surface area contributed by atoms with Gasteiger partial charge in [-0.05, 0) is 37.8 Å². The summed E-state index contributed by atoms with van der Waals surface area (Å²) >= 11 is 0. The van der Waals surface area contributed by atoms with Crippen LogP contribution in [0.4, 0.5) is 5.69 Å². The topological polar surface area (TPSA) is 73.0 Å². The summed E-state index contributed by atoms with van der Waals surface area (Å²) in [6.07, 6.45) is 6.77. The van der Waals surface area contributed by atoms with Crippen LogP contribution in [0, 0.1) is 5.92 Å². The smallest absolute Gasteiger partial charge is 0.250 e. The first kappa shape index (κ1) is 22.6. The quantitative estimate of drug-likeness (QED) is 0.764. The van der Waals surface area contributed by atoms with Crippen LogP contribution in [0.5, 0.6) is 0 Å². The molecule has 0 atom stereocenters. The van der Waals surface area contributed by atoms with Gasteiger partial charge in [0.2, 0.25) is 11.8 Å². The minimum atomic E-state index is -0.694. The van der Waals surface area contributed by atoms with Gasteiger partial charge in [-0.25, -0.2) is 0 Å². The number of likely N-dealkylation sites (tertiary alicyclic amines) is 1. The lowest BCUT2D eigenvalue weighted by molar-refractivity contribution is -0.141. The maximum Gasteiger partial charge on any atom is 0.250 e. The molecule has 174 valence electrons. The maximum atomic E-state index is 13.7. The van der Waals surface area contributed by atoms with E-state index in [2.05, 4.69) is 10.2 Å². The first-order valence-corrected chi connectivity index (χ1v) is 12.1. The normalized spacial score (nSPS) is 21.5. The molecule has 1 aromatic carbocycles. The standard InChI is InChI=1S/C25H36N4O3/c1-19(2)23(31)27-15-13-25(14-16-27)24(32)28(18-29(25)21-11-7-4-8-12-21)17-22(30)26-20-9-5-3-6-10-20/h4,7-8,11-12,19-20H,3,5-6,9-10,13-18H2,1-2H3,(H,26,30). The number of nitrogens with zero attached hydrogens (tertiary/aromatic N) is 3. The van der Waals surface area contributed by atoms with E-state index < -0.39 is 5.54 Å². The van der Waals surface area contributed by atoms with Crippen molar-refractivity contribution in [2.45, 2.75) is 70.4 Å². The molecule has 3 amide bonds. The Morgan fingerprint density at radius 3 is 2.34 bits per heavy atom. The summed E-state index contributed by atoms with van der Waals surface area (Å²) in [4.78, 5) is 44.7. The molecular weight excluding hydrogens is 404 g/mol. The summed E-state index contributed by atoms with van der Waals surface area (Å²) in [6, 6.07) is 10.2. The van der Waals surface area contributed by atoms with Gasteiger partial charge in [0.05, 0.1) is 6.67 Å². The fraction of sp³-hybridized carbons (Fsp3) is 0.640. The molecule has 1 saturated carbocycles. The van der Waals surface area contributed by atoms with Gasteiger partial charge in [0, 0.05) is 30.7 Å². The molecule has 3 aliphatic rings. The molecule has 2 heterocycles. The molecule has 0 aromatic heterocycles. The predicted octanol–water partition coefficient (Wildman–Crippen LogP) is 2.76. The Morgan fingerprint density at radius 2 is 1.72 bits per heavy atom. The summed E-state index contributed by atoms with van der Waals surface area (Å²) in [5.41, 5.74) is 0.292. The molecule has 0 radical (unpaired) electrons. The Balaban J connectivity index is 1.50. The summed E-state index contributed by atoms with van der Waals surface area (Å²) < 4.78 is 0. The SMILES string of the molecule is CC(C)C(=O)N1CCC2(CC1)C(=O)N(CC(=O)NC1CCCCC1)CN2c1ccccc1. The fourth-order valence-electron chi connectivity index (χ4n) is 5.48. The number of piperidine rings is 1. The van der Waals surface area contributed by atoms with Crippen molar-refractivity contribution in [3.05, 3.63) is 30.3 Å². The van der Waals surface area contributed by atoms with Crippen LogP contribution in [0.1, 0.15) is 58.8 Å². The lowest BCUT2D eigenvalue weighted by atomic mass is 9.85. The molecule has 4 rings (SSSR count). The minimum absolute atomic E-state index is 0.0109. The molecule has 1 N–H and O–H groups in total. The van der Waals surface area contributed by atoms with Crippen LogP contribution in [0.3, 0.4) is 0 Å². The van der Waals surface area contributed by atoms with E-state index >= 15 is 0 Å². The van der Waals surface area contributed by atoms with Crippen LogP contribution in [0.15, 0.2) is 30.3 Å². The van der Waals surface area contributed by atoms with E-state index in [1.54, 1.807) is 4.90 Å². The second-order valence-electron chi connectivity index (χ2n) is 9.82. The number of hydrogen-bond acceptors (Lipinski definition) is 4. The monoisotopic (exact) mass is 440 g/mol. The van der Waals surface area contributed by atoms with Crippen LogP contribution < -0.4 is 10.2 Å². The number of nitrogens with one attached hydrogen (secondary N) is 1. The Kier molecular flexibility index (Phi) is 6.72. The van der Waals surface area contributed by atoms with Gasteiger partial charge in [0.1, 0.15) is 12.1 Å². The van der Waals surface area contributed by atoms with E-state index in [9.17, 15) is 14.4 Å². The van der Waals surface area contributed by atoms with Crippen molar-refractivity contribution in [1.82, 2.24) is 15.1 Å². The zero-order valence-corrected chi connectivity index (χ0v) is 19.4. The van der Waals surface area contributed by atoms with Gasteiger partial charge < -0.3 is 20.0 Å². The van der Waals surface area contributed by atoms with Gasteiger partial charge >= 0.3 is 0 Å². The van der Waals surface area contributed by atoms with E-state index in [4.69, 9.17) is 0 Å². The largest absolute Gasteiger partial charge is 0.352 e. The Morgan fingerprint density at radius 1 is 1.06 bits per heavy atom. The zero-order valence-electron chi connectivity index (χ0n) is 19.4. The molecule has 1 aromatic rings. The highest BCUT2D eigenvalue weighted by molar-refractivity contribution is 5.96. The van der Waals surface area contributed by atoms with E-state index in [0.717, 1.165) is 31.4 Å². The van der Waals surface area contributed by atoms with E-state index in [1.807, 2.05) is 49.1 Å². The van der Waals surface area contributed by atoms with Crippen molar-refractivity contribution in [3.63, 3.8) is 0 Å². The molecule has 1 aliphatic carbocycles. The van der Waals surface area contributed by atoms with Crippen LogP contribution in [0.2, 0.25) is 0 Å². The minimum Gasteiger partial charge on any atom is -0.352 e. The number of carbonyl (C=O) groups excluding carboxylic acids is 3. The van der Waals surface area contributed by atoms with Crippen LogP contribution in [-0.4, -0.2) is 65.4 Å². The molecule has 2 saturated heterocycles. The molecule has 1 spiro atoms. The van der Waals surface area contributed by atoms with Crippen molar-refractivity contribution in [1.29, 1.82) is 0 Å². The van der Waals surface area contributed by atoms with E-state index in [-0.39, 0.29) is 36.2 Å². The van der Waals surface area contributed by atoms with Crippen molar-refractivity contribution in [3.8, 4) is 0 Å². The van der Waals surface area contributed by atoms with Gasteiger partial charge in [-0.2, -0.15) is 0 Å². The predicted molar refractivity (Wildman–Crippen MR) is 124 cm³/mol. The summed E-state index contributed by atoms with van der Waals surface area (Å²) in [6.45, 7) is 5.45. The summed E-state index contributed by atoms with van der Waals surface area (Å²) in [5, 5.41) is 3.14. The molecular formula is C25H36N4O3. The van der Waals surface area contributed by atoms with Gasteiger partial charge in [0.15, 0.2) is 0 Å². The van der Waals surface area contributed by atoms with Crippen LogP contribution >= 0.6 is 0 Å². The molecule has 0 bridgehead atoms. The molecule has 0 unspecified atom stereocenters. The zero-order chi connectivity index (χ0) is 22.7. The second kappa shape index (κ2) is 9.51. The number of amides is 3. The van der Waals surface area contributed by atoms with Crippen LogP contribution in [-0.2, 0) is 14.4 Å². The Hall–Kier alpha value is -2.57. The second-order valence-corrected chi connectivity index (χ2v) is 9.82. The molecule has 32 heavy (non-hydrogen) atoms.